The van der Waals surface area contributed by atoms with E-state index in [1.807, 2.05) is 26.0 Å². The van der Waals surface area contributed by atoms with E-state index in [0.29, 0.717) is 0 Å². The second kappa shape index (κ2) is 4.66. The lowest BCUT2D eigenvalue weighted by molar-refractivity contribution is 0.768. The molecule has 1 atom stereocenters. The van der Waals surface area contributed by atoms with Crippen molar-refractivity contribution in [3.05, 3.63) is 29.8 Å². The number of hydrogen-bond donors (Lipinski definition) is 0. The van der Waals surface area contributed by atoms with Crippen LogP contribution in [0.4, 0.5) is 5.69 Å². The molecule has 1 aromatic rings. The molecule has 1 radical (unpaired) electrons. The molecule has 0 spiro atoms. The summed E-state index contributed by atoms with van der Waals surface area (Å²) in [6.07, 6.45) is 0. The molecule has 0 saturated carbocycles. The molecule has 0 bridgehead atoms. The quantitative estimate of drug-likeness (QED) is 0.727. The largest absolute Gasteiger partial charge is 0.356 e. The van der Waals surface area contributed by atoms with E-state index in [2.05, 4.69) is 30.0 Å². The molecule has 14 heavy (non-hydrogen) atoms. The highest BCUT2D eigenvalue weighted by Crippen LogP contribution is 2.17. The third-order valence-electron chi connectivity index (χ3n) is 2.26. The van der Waals surface area contributed by atoms with Crippen LogP contribution >= 0.6 is 0 Å². The van der Waals surface area contributed by atoms with Crippen molar-refractivity contribution in [1.29, 1.82) is 5.26 Å². The number of hydrogen-bond acceptors (Lipinski definition) is 2. The van der Waals surface area contributed by atoms with Gasteiger partial charge in [-0.15, -0.1) is 0 Å². The first-order valence-corrected chi connectivity index (χ1v) is 4.83. The molecule has 0 aliphatic rings. The van der Waals surface area contributed by atoms with E-state index in [0.717, 1.165) is 17.8 Å². The molecular weight excluding hydrogens is 172 g/mol. The Morgan fingerprint density at radius 3 is 2.86 bits per heavy atom. The summed E-state index contributed by atoms with van der Waals surface area (Å²) >= 11 is 0. The minimum Gasteiger partial charge on any atom is -0.356 e. The summed E-state index contributed by atoms with van der Waals surface area (Å²) in [7, 11) is 0. The first kappa shape index (κ1) is 10.6. The maximum absolute atomic E-state index is 8.87. The Kier molecular flexibility index (Phi) is 3.53. The Labute approximate surface area is 85.8 Å². The van der Waals surface area contributed by atoms with Crippen LogP contribution in [0.1, 0.15) is 19.4 Å². The van der Waals surface area contributed by atoms with Crippen molar-refractivity contribution in [2.75, 3.05) is 11.4 Å². The smallest absolute Gasteiger partial charge is 0.114 e. The molecule has 2 heteroatoms. The van der Waals surface area contributed by atoms with Crippen LogP contribution in [-0.2, 0) is 0 Å². The zero-order chi connectivity index (χ0) is 10.6. The monoisotopic (exact) mass is 187 g/mol. The number of aryl methyl sites for hydroxylation is 1. The van der Waals surface area contributed by atoms with Crippen molar-refractivity contribution in [2.45, 2.75) is 26.8 Å². The van der Waals surface area contributed by atoms with Crippen LogP contribution < -0.4 is 4.90 Å². The van der Waals surface area contributed by atoms with Crippen LogP contribution in [0.2, 0.25) is 0 Å². The van der Waals surface area contributed by atoms with E-state index in [-0.39, 0.29) is 6.04 Å². The summed E-state index contributed by atoms with van der Waals surface area (Å²) in [4.78, 5) is 2.07. The molecule has 0 aliphatic heterocycles. The van der Waals surface area contributed by atoms with E-state index in [4.69, 9.17) is 5.26 Å². The lowest BCUT2D eigenvalue weighted by atomic mass is 10.2. The average molecular weight is 187 g/mol. The van der Waals surface area contributed by atoms with Crippen LogP contribution in [0, 0.1) is 24.3 Å². The summed E-state index contributed by atoms with van der Waals surface area (Å²) in [6, 6.07) is 11.2. The molecule has 0 saturated heterocycles. The van der Waals surface area contributed by atoms with Crippen molar-refractivity contribution in [2.24, 2.45) is 0 Å². The van der Waals surface area contributed by atoms with Gasteiger partial charge >= 0.3 is 0 Å². The zero-order valence-electron chi connectivity index (χ0n) is 8.91. The van der Waals surface area contributed by atoms with Crippen molar-refractivity contribution in [1.82, 2.24) is 0 Å². The molecule has 0 fully saturated rings. The van der Waals surface area contributed by atoms with Gasteiger partial charge in [-0.05, 0) is 44.5 Å². The Hall–Kier alpha value is -1.49. The predicted molar refractivity (Wildman–Crippen MR) is 58.1 cm³/mol. The molecule has 1 unspecified atom stereocenters. The molecule has 73 valence electrons. The Balaban J connectivity index is 2.96. The highest BCUT2D eigenvalue weighted by molar-refractivity contribution is 5.49. The van der Waals surface area contributed by atoms with Crippen molar-refractivity contribution in [3.8, 4) is 6.07 Å². The third-order valence-corrected chi connectivity index (χ3v) is 2.26. The number of nitrogens with zero attached hydrogens (tertiary/aromatic N) is 2. The number of anilines is 1. The second-order valence-corrected chi connectivity index (χ2v) is 3.32. The maximum Gasteiger partial charge on any atom is 0.114 e. The fourth-order valence-corrected chi connectivity index (χ4v) is 1.50. The number of benzene rings is 1. The van der Waals surface area contributed by atoms with Gasteiger partial charge in [-0.2, -0.15) is 5.26 Å². The number of nitriles is 1. The van der Waals surface area contributed by atoms with Gasteiger partial charge in [-0.25, -0.2) is 0 Å². The standard InChI is InChI=1S/C12H15N2/c1-4-14(11(3)9-13)12-7-5-6-10(2)8-12/h5,7-8,11H,4H2,1-3H3. The molecule has 1 rings (SSSR count). The molecule has 1 aromatic carbocycles. The van der Waals surface area contributed by atoms with Gasteiger partial charge in [0, 0.05) is 12.2 Å². The summed E-state index contributed by atoms with van der Waals surface area (Å²) in [5.74, 6) is 0. The minimum atomic E-state index is -0.0817. The van der Waals surface area contributed by atoms with E-state index in [9.17, 15) is 0 Å². The Morgan fingerprint density at radius 2 is 2.36 bits per heavy atom. The summed E-state index contributed by atoms with van der Waals surface area (Å²) in [5, 5.41) is 8.87. The fraction of sp³-hybridized carbons (Fsp3) is 0.417. The van der Waals surface area contributed by atoms with Gasteiger partial charge in [0.25, 0.3) is 0 Å². The van der Waals surface area contributed by atoms with Crippen molar-refractivity contribution >= 4 is 5.69 Å². The number of rotatable bonds is 3. The molecule has 2 nitrogen and oxygen atoms in total. The maximum atomic E-state index is 8.87. The van der Waals surface area contributed by atoms with E-state index < -0.39 is 0 Å². The summed E-state index contributed by atoms with van der Waals surface area (Å²) in [5.41, 5.74) is 2.20. The van der Waals surface area contributed by atoms with Crippen LogP contribution in [-0.4, -0.2) is 12.6 Å². The van der Waals surface area contributed by atoms with E-state index in [1.54, 1.807) is 0 Å². The first-order chi connectivity index (χ1) is 6.69. The van der Waals surface area contributed by atoms with Gasteiger partial charge in [0.2, 0.25) is 0 Å². The van der Waals surface area contributed by atoms with Crippen molar-refractivity contribution < 1.29 is 0 Å². The van der Waals surface area contributed by atoms with Gasteiger partial charge in [0.1, 0.15) is 6.04 Å². The first-order valence-electron chi connectivity index (χ1n) is 4.83. The lowest BCUT2D eigenvalue weighted by Crippen LogP contribution is -2.31. The van der Waals surface area contributed by atoms with E-state index >= 15 is 0 Å². The summed E-state index contributed by atoms with van der Waals surface area (Å²) < 4.78 is 0. The van der Waals surface area contributed by atoms with Crippen LogP contribution in [0.3, 0.4) is 0 Å². The van der Waals surface area contributed by atoms with Crippen LogP contribution in [0.15, 0.2) is 18.2 Å². The Bertz CT molecular complexity index is 338. The van der Waals surface area contributed by atoms with Gasteiger partial charge in [-0.1, -0.05) is 6.07 Å². The van der Waals surface area contributed by atoms with Crippen LogP contribution in [0.5, 0.6) is 0 Å². The van der Waals surface area contributed by atoms with Gasteiger partial charge in [-0.3, -0.25) is 0 Å². The third kappa shape index (κ3) is 2.26. The molecular formula is C12H15N2. The minimum absolute atomic E-state index is 0.0817. The normalized spacial score (nSPS) is 11.9. The highest BCUT2D eigenvalue weighted by atomic mass is 15.1. The van der Waals surface area contributed by atoms with E-state index in [1.165, 1.54) is 0 Å². The topological polar surface area (TPSA) is 27.0 Å². The zero-order valence-corrected chi connectivity index (χ0v) is 8.91. The molecule has 0 aromatic heterocycles. The van der Waals surface area contributed by atoms with Crippen molar-refractivity contribution in [3.63, 3.8) is 0 Å². The molecule has 0 aliphatic carbocycles. The fourth-order valence-electron chi connectivity index (χ4n) is 1.50. The predicted octanol–water partition coefficient (Wildman–Crippen LogP) is 2.53. The molecule has 0 N–H and O–H groups in total. The lowest BCUT2D eigenvalue weighted by Gasteiger charge is -2.25. The molecule has 0 amide bonds. The van der Waals surface area contributed by atoms with Crippen LogP contribution in [0.25, 0.3) is 0 Å². The Morgan fingerprint density at radius 1 is 1.64 bits per heavy atom. The molecule has 0 heterocycles. The van der Waals surface area contributed by atoms with Gasteiger partial charge in [0.05, 0.1) is 6.07 Å². The summed E-state index contributed by atoms with van der Waals surface area (Å²) in [6.45, 7) is 6.82. The van der Waals surface area contributed by atoms with Gasteiger partial charge < -0.3 is 4.90 Å². The second-order valence-electron chi connectivity index (χ2n) is 3.32. The average Bonchev–Trinajstić information content (AvgIpc) is 2.19. The van der Waals surface area contributed by atoms with Gasteiger partial charge in [0.15, 0.2) is 0 Å². The highest BCUT2D eigenvalue weighted by Gasteiger charge is 2.11. The SMILES string of the molecule is CCN(c1cc[c]c(C)c1)C(C)C#N.